The van der Waals surface area contributed by atoms with Gasteiger partial charge in [0.05, 0.1) is 11.9 Å². The highest BCUT2D eigenvalue weighted by Gasteiger charge is 2.19. The molecule has 1 aliphatic rings. The summed E-state index contributed by atoms with van der Waals surface area (Å²) in [6.45, 7) is 4.72. The van der Waals surface area contributed by atoms with Gasteiger partial charge in [-0.05, 0) is 73.8 Å². The molecule has 4 rings (SSSR count). The van der Waals surface area contributed by atoms with Gasteiger partial charge in [0.15, 0.2) is 0 Å². The molecule has 2 heterocycles. The van der Waals surface area contributed by atoms with Crippen molar-refractivity contribution in [2.45, 2.75) is 25.8 Å². The van der Waals surface area contributed by atoms with E-state index in [1.807, 2.05) is 12.1 Å². The number of hydrogen-bond donors (Lipinski definition) is 1. The summed E-state index contributed by atoms with van der Waals surface area (Å²) in [5.41, 5.74) is 10.1. The predicted octanol–water partition coefficient (Wildman–Crippen LogP) is 5.28. The van der Waals surface area contributed by atoms with Crippen molar-refractivity contribution in [1.82, 2.24) is 9.88 Å². The van der Waals surface area contributed by atoms with Crippen molar-refractivity contribution < 1.29 is 4.74 Å². The quantitative estimate of drug-likeness (QED) is 0.673. The topological polar surface area (TPSA) is 51.4 Å². The Kier molecular flexibility index (Phi) is 5.07. The van der Waals surface area contributed by atoms with Gasteiger partial charge < -0.3 is 10.5 Å². The van der Waals surface area contributed by atoms with Gasteiger partial charge in [-0.2, -0.15) is 0 Å². The number of pyridine rings is 1. The summed E-state index contributed by atoms with van der Waals surface area (Å²) in [4.78, 5) is 6.74. The Morgan fingerprint density at radius 1 is 0.963 bits per heavy atom. The minimum atomic E-state index is 0.464. The number of aromatic nitrogens is 1. The normalized spacial score (nSPS) is 15.6. The maximum Gasteiger partial charge on any atom is 0.219 e. The number of rotatable bonds is 5. The maximum absolute atomic E-state index is 5.78. The van der Waals surface area contributed by atoms with Crippen LogP contribution in [0, 0.1) is 0 Å². The van der Waals surface area contributed by atoms with Crippen LogP contribution in [0.1, 0.15) is 31.4 Å². The lowest BCUT2D eigenvalue weighted by Gasteiger charge is -2.24. The van der Waals surface area contributed by atoms with Crippen molar-refractivity contribution in [3.63, 3.8) is 0 Å². The molecule has 4 heteroatoms. The van der Waals surface area contributed by atoms with Gasteiger partial charge in [-0.1, -0.05) is 30.3 Å². The molecule has 4 nitrogen and oxygen atoms in total. The Hall–Kier alpha value is -2.85. The van der Waals surface area contributed by atoms with E-state index < -0.39 is 0 Å². The largest absolute Gasteiger partial charge is 0.439 e. The fourth-order valence-electron chi connectivity index (χ4n) is 3.61. The first-order chi connectivity index (χ1) is 13.2. The van der Waals surface area contributed by atoms with Gasteiger partial charge in [-0.25, -0.2) is 4.98 Å². The van der Waals surface area contributed by atoms with Gasteiger partial charge in [0.2, 0.25) is 5.88 Å². The molecule has 2 N–H and O–H groups in total. The first-order valence-corrected chi connectivity index (χ1v) is 9.53. The fourth-order valence-corrected chi connectivity index (χ4v) is 3.61. The van der Waals surface area contributed by atoms with Crippen LogP contribution < -0.4 is 10.5 Å². The molecule has 3 aromatic rings. The molecule has 0 aliphatic carbocycles. The standard InChI is InChI=1S/C23H25N3O/c1-17(26-13-2-3-14-26)19-5-4-6-20(15-19)18-7-10-22(11-8-18)27-23-12-9-21(24)16-25-23/h4-12,15-17H,2-3,13-14,24H2,1H3/t17-/m0/s1. The first kappa shape index (κ1) is 17.6. The summed E-state index contributed by atoms with van der Waals surface area (Å²) in [5.74, 6) is 1.30. The minimum absolute atomic E-state index is 0.464. The summed E-state index contributed by atoms with van der Waals surface area (Å²) in [6.07, 6.45) is 4.22. The number of nitrogen functional groups attached to an aromatic ring is 1. The van der Waals surface area contributed by atoms with E-state index in [1.165, 1.54) is 42.6 Å². The molecule has 138 valence electrons. The second kappa shape index (κ2) is 7.80. The Morgan fingerprint density at radius 2 is 1.74 bits per heavy atom. The lowest BCUT2D eigenvalue weighted by atomic mass is 9.99. The van der Waals surface area contributed by atoms with Crippen LogP contribution in [0.2, 0.25) is 0 Å². The Bertz CT molecular complexity index is 884. The van der Waals surface area contributed by atoms with Crippen molar-refractivity contribution in [2.24, 2.45) is 0 Å². The van der Waals surface area contributed by atoms with Crippen LogP contribution in [0.25, 0.3) is 11.1 Å². The summed E-state index contributed by atoms with van der Waals surface area (Å²) < 4.78 is 5.78. The number of hydrogen-bond acceptors (Lipinski definition) is 4. The van der Waals surface area contributed by atoms with E-state index in [1.54, 1.807) is 18.3 Å². The van der Waals surface area contributed by atoms with Crippen molar-refractivity contribution in [1.29, 1.82) is 0 Å². The molecule has 1 atom stereocenters. The molecule has 1 saturated heterocycles. The summed E-state index contributed by atoms with van der Waals surface area (Å²) in [6, 6.07) is 21.0. The number of nitrogens with two attached hydrogens (primary N) is 1. The van der Waals surface area contributed by atoms with Crippen LogP contribution in [0.3, 0.4) is 0 Å². The zero-order chi connectivity index (χ0) is 18.6. The van der Waals surface area contributed by atoms with E-state index in [2.05, 4.69) is 53.2 Å². The molecule has 2 aromatic carbocycles. The highest BCUT2D eigenvalue weighted by Crippen LogP contribution is 2.30. The van der Waals surface area contributed by atoms with E-state index in [4.69, 9.17) is 10.5 Å². The third-order valence-corrected chi connectivity index (χ3v) is 5.23. The zero-order valence-corrected chi connectivity index (χ0v) is 15.6. The van der Waals surface area contributed by atoms with Crippen LogP contribution >= 0.6 is 0 Å². The number of likely N-dealkylation sites (tertiary alicyclic amines) is 1. The van der Waals surface area contributed by atoms with Crippen molar-refractivity contribution in [2.75, 3.05) is 18.8 Å². The maximum atomic E-state index is 5.78. The minimum Gasteiger partial charge on any atom is -0.439 e. The molecular weight excluding hydrogens is 334 g/mol. The van der Waals surface area contributed by atoms with E-state index >= 15 is 0 Å². The van der Waals surface area contributed by atoms with Crippen LogP contribution in [0.15, 0.2) is 66.9 Å². The Labute approximate surface area is 160 Å². The molecular formula is C23H25N3O. The highest BCUT2D eigenvalue weighted by molar-refractivity contribution is 5.65. The van der Waals surface area contributed by atoms with Gasteiger partial charge in [0, 0.05) is 12.1 Å². The zero-order valence-electron chi connectivity index (χ0n) is 15.6. The molecule has 0 saturated carbocycles. The Morgan fingerprint density at radius 3 is 2.44 bits per heavy atom. The summed E-state index contributed by atoms with van der Waals surface area (Å²) in [5, 5.41) is 0. The SMILES string of the molecule is C[C@@H](c1cccc(-c2ccc(Oc3ccc(N)cn3)cc2)c1)N1CCCC1. The first-order valence-electron chi connectivity index (χ1n) is 9.53. The van der Waals surface area contributed by atoms with Crippen LogP contribution in [0.5, 0.6) is 11.6 Å². The smallest absolute Gasteiger partial charge is 0.219 e. The second-order valence-corrected chi connectivity index (χ2v) is 7.10. The number of ether oxygens (including phenoxy) is 1. The van der Waals surface area contributed by atoms with Crippen LogP contribution in [-0.4, -0.2) is 23.0 Å². The van der Waals surface area contributed by atoms with Gasteiger partial charge in [0.1, 0.15) is 5.75 Å². The van der Waals surface area contributed by atoms with E-state index in [-0.39, 0.29) is 0 Å². The van der Waals surface area contributed by atoms with Crippen LogP contribution in [-0.2, 0) is 0 Å². The van der Waals surface area contributed by atoms with E-state index in [9.17, 15) is 0 Å². The lowest BCUT2D eigenvalue weighted by molar-refractivity contribution is 0.263. The third kappa shape index (κ3) is 4.12. The van der Waals surface area contributed by atoms with E-state index in [0.717, 1.165) is 5.75 Å². The average Bonchev–Trinajstić information content (AvgIpc) is 3.25. The molecule has 0 amide bonds. The highest BCUT2D eigenvalue weighted by atomic mass is 16.5. The summed E-state index contributed by atoms with van der Waals surface area (Å²) >= 11 is 0. The third-order valence-electron chi connectivity index (χ3n) is 5.23. The van der Waals surface area contributed by atoms with Gasteiger partial charge in [-0.3, -0.25) is 4.90 Å². The molecule has 0 unspecified atom stereocenters. The molecule has 1 aliphatic heterocycles. The van der Waals surface area contributed by atoms with Crippen molar-refractivity contribution in [3.8, 4) is 22.8 Å². The van der Waals surface area contributed by atoms with E-state index in [0.29, 0.717) is 17.6 Å². The van der Waals surface area contributed by atoms with Gasteiger partial charge >= 0.3 is 0 Å². The number of nitrogens with zero attached hydrogens (tertiary/aromatic N) is 2. The monoisotopic (exact) mass is 359 g/mol. The number of benzene rings is 2. The second-order valence-electron chi connectivity index (χ2n) is 7.10. The molecule has 1 aromatic heterocycles. The predicted molar refractivity (Wildman–Crippen MR) is 110 cm³/mol. The molecule has 1 fully saturated rings. The van der Waals surface area contributed by atoms with Crippen molar-refractivity contribution in [3.05, 3.63) is 72.4 Å². The molecule has 27 heavy (non-hydrogen) atoms. The lowest BCUT2D eigenvalue weighted by Crippen LogP contribution is -2.23. The average molecular weight is 359 g/mol. The van der Waals surface area contributed by atoms with Gasteiger partial charge in [0.25, 0.3) is 0 Å². The van der Waals surface area contributed by atoms with Gasteiger partial charge in [-0.15, -0.1) is 0 Å². The Balaban J connectivity index is 1.50. The van der Waals surface area contributed by atoms with Crippen molar-refractivity contribution >= 4 is 5.69 Å². The van der Waals surface area contributed by atoms with Crippen LogP contribution in [0.4, 0.5) is 5.69 Å². The summed E-state index contributed by atoms with van der Waals surface area (Å²) in [7, 11) is 0. The molecule has 0 spiro atoms. The fraction of sp³-hybridized carbons (Fsp3) is 0.261. The molecule has 0 radical (unpaired) electrons. The molecule has 0 bridgehead atoms. The number of anilines is 1.